The molecule has 0 aliphatic heterocycles. The molecule has 0 heterocycles. The van der Waals surface area contributed by atoms with Crippen molar-refractivity contribution in [3.8, 4) is 0 Å². The molecule has 0 saturated heterocycles. The number of rotatable bonds is 5. The van der Waals surface area contributed by atoms with E-state index in [-0.39, 0.29) is 0 Å². The fraction of sp³-hybridized carbons (Fsp3) is 0.200. The molecule has 0 aliphatic rings. The van der Waals surface area contributed by atoms with Gasteiger partial charge in [0.1, 0.15) is 16.8 Å². The molecule has 1 nitrogen and oxygen atoms in total. The molecule has 2 aromatic carbocycles. The minimum absolute atomic E-state index is 0.682. The predicted molar refractivity (Wildman–Crippen MR) is 81.7 cm³/mol. The Morgan fingerprint density at radius 3 is 1.72 bits per heavy atom. The fourth-order valence-corrected chi connectivity index (χ4v) is 5.37. The molecular formula is C15H17ClOP+. The van der Waals surface area contributed by atoms with Crippen LogP contribution in [0.3, 0.4) is 0 Å². The Balaban J connectivity index is 2.41. The first-order valence-electron chi connectivity index (χ1n) is 5.95. The summed E-state index contributed by atoms with van der Waals surface area (Å²) in [6.45, 7) is -1.16. The SMILES string of the molecule is COCC[P+](Cl)(c1ccccc1)c1ccccc1. The summed E-state index contributed by atoms with van der Waals surface area (Å²) in [6.07, 6.45) is 0.860. The molecule has 18 heavy (non-hydrogen) atoms. The molecule has 0 radical (unpaired) electrons. The van der Waals surface area contributed by atoms with Gasteiger partial charge in [-0.25, -0.2) is 0 Å². The van der Waals surface area contributed by atoms with Crippen LogP contribution in [0.1, 0.15) is 0 Å². The first-order valence-corrected chi connectivity index (χ1v) is 8.83. The molecule has 2 aromatic rings. The van der Waals surface area contributed by atoms with Crippen LogP contribution in [0.2, 0.25) is 0 Å². The van der Waals surface area contributed by atoms with Gasteiger partial charge in [-0.3, -0.25) is 0 Å². The fourth-order valence-electron chi connectivity index (χ4n) is 1.95. The zero-order valence-corrected chi connectivity index (χ0v) is 12.1. The molecule has 0 amide bonds. The monoisotopic (exact) mass is 279 g/mol. The molecule has 0 N–H and O–H groups in total. The first-order chi connectivity index (χ1) is 8.77. The Bertz CT molecular complexity index is 433. The summed E-state index contributed by atoms with van der Waals surface area (Å²) < 4.78 is 5.22. The van der Waals surface area contributed by atoms with Crippen LogP contribution >= 0.6 is 17.9 Å². The lowest BCUT2D eigenvalue weighted by molar-refractivity contribution is 0.218. The van der Waals surface area contributed by atoms with E-state index in [2.05, 4.69) is 24.3 Å². The van der Waals surface area contributed by atoms with Crippen LogP contribution in [-0.4, -0.2) is 19.9 Å². The van der Waals surface area contributed by atoms with Crippen molar-refractivity contribution in [3.05, 3.63) is 60.7 Å². The number of halogens is 1. The number of hydrogen-bond acceptors (Lipinski definition) is 1. The van der Waals surface area contributed by atoms with Crippen LogP contribution in [0.5, 0.6) is 0 Å². The van der Waals surface area contributed by atoms with Gasteiger partial charge in [0.2, 0.25) is 0 Å². The van der Waals surface area contributed by atoms with Crippen LogP contribution in [-0.2, 0) is 4.74 Å². The van der Waals surface area contributed by atoms with Crippen LogP contribution in [0.25, 0.3) is 0 Å². The van der Waals surface area contributed by atoms with E-state index < -0.39 is 6.62 Å². The van der Waals surface area contributed by atoms with Gasteiger partial charge in [0.25, 0.3) is 0 Å². The molecule has 94 valence electrons. The second kappa shape index (κ2) is 6.33. The van der Waals surface area contributed by atoms with Gasteiger partial charge in [0.05, 0.1) is 17.8 Å². The van der Waals surface area contributed by atoms with Gasteiger partial charge >= 0.3 is 0 Å². The summed E-state index contributed by atoms with van der Waals surface area (Å²) in [7, 11) is 1.72. The average Bonchev–Trinajstić information content (AvgIpc) is 2.46. The molecule has 0 bridgehead atoms. The molecule has 0 aromatic heterocycles. The van der Waals surface area contributed by atoms with E-state index in [1.807, 2.05) is 36.4 Å². The van der Waals surface area contributed by atoms with Crippen molar-refractivity contribution in [2.24, 2.45) is 0 Å². The highest BCUT2D eigenvalue weighted by Crippen LogP contribution is 2.61. The second-order valence-electron chi connectivity index (χ2n) is 4.10. The topological polar surface area (TPSA) is 9.23 Å². The molecule has 2 rings (SSSR count). The zero-order valence-electron chi connectivity index (χ0n) is 10.4. The van der Waals surface area contributed by atoms with E-state index in [0.29, 0.717) is 6.61 Å². The highest BCUT2D eigenvalue weighted by Gasteiger charge is 2.41. The lowest BCUT2D eigenvalue weighted by Crippen LogP contribution is -2.22. The Labute approximate surface area is 114 Å². The maximum atomic E-state index is 7.00. The maximum Gasteiger partial charge on any atom is 0.180 e. The van der Waals surface area contributed by atoms with Crippen LogP contribution in [0.4, 0.5) is 0 Å². The summed E-state index contributed by atoms with van der Waals surface area (Å²) in [5.41, 5.74) is 0. The van der Waals surface area contributed by atoms with E-state index in [1.165, 1.54) is 10.6 Å². The molecule has 0 aliphatic carbocycles. The highest BCUT2D eigenvalue weighted by atomic mass is 35.7. The van der Waals surface area contributed by atoms with Gasteiger partial charge in [0, 0.05) is 7.11 Å². The molecule has 0 unspecified atom stereocenters. The van der Waals surface area contributed by atoms with E-state index in [0.717, 1.165) is 6.16 Å². The first kappa shape index (κ1) is 13.5. The van der Waals surface area contributed by atoms with Crippen molar-refractivity contribution in [2.45, 2.75) is 0 Å². The van der Waals surface area contributed by atoms with E-state index >= 15 is 0 Å². The minimum atomic E-state index is -1.84. The van der Waals surface area contributed by atoms with E-state index in [4.69, 9.17) is 16.0 Å². The van der Waals surface area contributed by atoms with Crippen molar-refractivity contribution < 1.29 is 4.74 Å². The van der Waals surface area contributed by atoms with Gasteiger partial charge in [-0.1, -0.05) is 36.4 Å². The molecular weight excluding hydrogens is 263 g/mol. The van der Waals surface area contributed by atoms with Gasteiger partial charge < -0.3 is 4.74 Å². The third kappa shape index (κ3) is 2.92. The number of hydrogen-bond donors (Lipinski definition) is 0. The highest BCUT2D eigenvalue weighted by molar-refractivity contribution is 8.09. The number of benzene rings is 2. The van der Waals surface area contributed by atoms with Crippen LogP contribution in [0.15, 0.2) is 60.7 Å². The largest absolute Gasteiger partial charge is 0.381 e. The summed E-state index contributed by atoms with van der Waals surface area (Å²) in [5, 5.41) is 2.44. The van der Waals surface area contributed by atoms with Gasteiger partial charge in [-0.05, 0) is 24.3 Å². The maximum absolute atomic E-state index is 7.00. The lowest BCUT2D eigenvalue weighted by atomic mass is 10.4. The Morgan fingerprint density at radius 1 is 0.889 bits per heavy atom. The van der Waals surface area contributed by atoms with Crippen molar-refractivity contribution >= 4 is 28.5 Å². The van der Waals surface area contributed by atoms with Crippen molar-refractivity contribution in [2.75, 3.05) is 19.9 Å². The Morgan fingerprint density at radius 2 is 1.33 bits per heavy atom. The van der Waals surface area contributed by atoms with Crippen LogP contribution in [0, 0.1) is 0 Å². The average molecular weight is 280 g/mol. The molecule has 3 heteroatoms. The number of ether oxygens (including phenoxy) is 1. The molecule has 0 atom stereocenters. The van der Waals surface area contributed by atoms with Crippen LogP contribution < -0.4 is 10.6 Å². The molecule has 0 saturated carbocycles. The third-order valence-electron chi connectivity index (χ3n) is 2.93. The summed E-state index contributed by atoms with van der Waals surface area (Å²) in [5.74, 6) is 0. The third-order valence-corrected chi connectivity index (χ3v) is 7.64. The normalized spacial score (nSPS) is 11.4. The summed E-state index contributed by atoms with van der Waals surface area (Å²) in [6, 6.07) is 20.7. The predicted octanol–water partition coefficient (Wildman–Crippen LogP) is 3.46. The molecule has 0 fully saturated rings. The van der Waals surface area contributed by atoms with E-state index in [9.17, 15) is 0 Å². The summed E-state index contributed by atoms with van der Waals surface area (Å²) >= 11 is 7.00. The van der Waals surface area contributed by atoms with Crippen molar-refractivity contribution in [1.29, 1.82) is 0 Å². The smallest absolute Gasteiger partial charge is 0.180 e. The molecule has 0 spiro atoms. The zero-order chi connectivity index (χ0) is 12.8. The minimum Gasteiger partial charge on any atom is -0.381 e. The second-order valence-corrected chi connectivity index (χ2v) is 8.75. The summed E-state index contributed by atoms with van der Waals surface area (Å²) in [4.78, 5) is 0. The standard InChI is InChI=1S/C15H17ClOP/c1-17-12-13-18(16,14-8-4-2-5-9-14)15-10-6-3-7-11-15/h2-11H,12-13H2,1H3/q+1. The van der Waals surface area contributed by atoms with Gasteiger partial charge in [-0.15, -0.1) is 0 Å². The van der Waals surface area contributed by atoms with E-state index in [1.54, 1.807) is 7.11 Å². The van der Waals surface area contributed by atoms with Gasteiger partial charge in [-0.2, -0.15) is 0 Å². The lowest BCUT2D eigenvalue weighted by Gasteiger charge is -2.18. The quantitative estimate of drug-likeness (QED) is 0.762. The number of methoxy groups -OCH3 is 1. The Kier molecular flexibility index (Phi) is 4.77. The van der Waals surface area contributed by atoms with Crippen molar-refractivity contribution in [3.63, 3.8) is 0 Å². The Hall–Kier alpha value is -0.880. The van der Waals surface area contributed by atoms with Gasteiger partial charge in [0.15, 0.2) is 6.62 Å². The van der Waals surface area contributed by atoms with Crippen molar-refractivity contribution in [1.82, 2.24) is 0 Å².